The van der Waals surface area contributed by atoms with Gasteiger partial charge in [-0.15, -0.1) is 20.4 Å². The van der Waals surface area contributed by atoms with E-state index < -0.39 is 0 Å². The average molecular weight is 1840 g/mol. The molecule has 1 atom stereocenters. The van der Waals surface area contributed by atoms with Gasteiger partial charge in [0.1, 0.15) is 22.3 Å². The normalized spacial score (nSPS) is 18.6. The number of likely N-dealkylation sites (tertiary alicyclic amines) is 3. The molecule has 0 spiro atoms. The second-order valence-electron chi connectivity index (χ2n) is 33.6. The van der Waals surface area contributed by atoms with Crippen molar-refractivity contribution in [3.05, 3.63) is 166 Å². The van der Waals surface area contributed by atoms with E-state index in [2.05, 4.69) is 140 Å². The minimum absolute atomic E-state index is 0.0902. The van der Waals surface area contributed by atoms with Gasteiger partial charge in [0.15, 0.2) is 45.9 Å². The van der Waals surface area contributed by atoms with Crippen LogP contribution in [0.5, 0.6) is 0 Å². The van der Waals surface area contributed by atoms with E-state index in [-0.39, 0.29) is 69.2 Å². The van der Waals surface area contributed by atoms with Crippen LogP contribution in [0.3, 0.4) is 0 Å². The van der Waals surface area contributed by atoms with Gasteiger partial charge in [-0.3, -0.25) is 53.8 Å². The summed E-state index contributed by atoms with van der Waals surface area (Å²) in [6.45, 7) is 17.8. The maximum Gasteiger partial charge on any atom is 0.263 e. The van der Waals surface area contributed by atoms with Crippen LogP contribution in [0.15, 0.2) is 123 Å². The molecule has 39 nitrogen and oxygen atoms in total. The van der Waals surface area contributed by atoms with Gasteiger partial charge in [0.25, 0.3) is 23.6 Å². The number of aromatic nitrogens is 16. The molecule has 12 aromatic heterocycles. The quantitative estimate of drug-likeness (QED) is 0.0398. The predicted molar refractivity (Wildman–Crippen MR) is 499 cm³/mol. The molecule has 4 amide bonds. The highest BCUT2D eigenvalue weighted by atomic mass is 35.5. The van der Waals surface area contributed by atoms with E-state index in [1.807, 2.05) is 24.3 Å². The number of anilines is 12. The number of halogens is 4. The maximum atomic E-state index is 13.2. The van der Waals surface area contributed by atoms with E-state index in [0.717, 1.165) is 172 Å². The molecule has 12 N–H and O–H groups in total. The zero-order chi connectivity index (χ0) is 89.5. The Bertz CT molecular complexity index is 5990. The van der Waals surface area contributed by atoms with Crippen LogP contribution >= 0.6 is 46.4 Å². The molecule has 8 fully saturated rings. The molecule has 1 unspecified atom stereocenters. The number of nitrogen functional groups attached to an aromatic ring is 4. The van der Waals surface area contributed by atoms with E-state index in [4.69, 9.17) is 78.8 Å². The van der Waals surface area contributed by atoms with Gasteiger partial charge in [-0.05, 0) is 122 Å². The molecule has 20 rings (SSSR count). The largest absolute Gasteiger partial charge is 0.381 e. The topological polar surface area (TPSA) is 440 Å². The van der Waals surface area contributed by atoms with E-state index in [1.165, 1.54) is 81.7 Å². The fraction of sp³-hybridized carbons (Fsp3) is 0.442. The number of morpholine rings is 1. The van der Waals surface area contributed by atoms with Gasteiger partial charge in [0, 0.05) is 179 Å². The Morgan fingerprint density at radius 2 is 0.667 bits per heavy atom. The summed E-state index contributed by atoms with van der Waals surface area (Å²) in [6, 6.07) is 10.8. The number of carbonyl (C=O) groups is 4. The molecule has 43 heteroatoms. The second-order valence-corrected chi connectivity index (χ2v) is 35.3. The van der Waals surface area contributed by atoms with Crippen LogP contribution in [0.1, 0.15) is 112 Å². The molecule has 0 aromatic carbocycles. The van der Waals surface area contributed by atoms with Crippen LogP contribution in [-0.4, -0.2) is 302 Å². The molecule has 0 aliphatic carbocycles. The van der Waals surface area contributed by atoms with Gasteiger partial charge in [-0.25, -0.2) is 38.0 Å². The molecule has 12 aromatic rings. The molecule has 8 saturated heterocycles. The number of hydrogen-bond acceptors (Lipinski definition) is 31. The Balaban J connectivity index is 0.000000121. The van der Waals surface area contributed by atoms with E-state index in [1.54, 1.807) is 81.5 Å². The summed E-state index contributed by atoms with van der Waals surface area (Å²) >= 11 is 23.9. The lowest BCUT2D eigenvalue weighted by atomic mass is 9.98. The van der Waals surface area contributed by atoms with Crippen molar-refractivity contribution in [1.82, 2.24) is 103 Å². The molecular formula is C86H105Cl4N33O6. The Labute approximate surface area is 764 Å². The van der Waals surface area contributed by atoms with Crippen LogP contribution in [0, 0.1) is 0 Å². The summed E-state index contributed by atoms with van der Waals surface area (Å²) in [4.78, 5) is 108. The fourth-order valence-electron chi connectivity index (χ4n) is 18.7. The number of amides is 4. The molecule has 0 radical (unpaired) electrons. The molecule has 678 valence electrons. The third kappa shape index (κ3) is 20.2. The van der Waals surface area contributed by atoms with Crippen molar-refractivity contribution in [2.24, 2.45) is 0 Å². The number of hydrogen-bond donors (Lipinski definition) is 8. The Hall–Kier alpha value is -11.8. The van der Waals surface area contributed by atoms with Gasteiger partial charge in [-0.1, -0.05) is 46.4 Å². The first kappa shape index (κ1) is 89.2. The number of rotatable bonds is 18. The minimum atomic E-state index is -0.386. The first-order valence-corrected chi connectivity index (χ1v) is 45.1. The van der Waals surface area contributed by atoms with Crippen molar-refractivity contribution in [2.45, 2.75) is 107 Å². The summed E-state index contributed by atoms with van der Waals surface area (Å²) < 4.78 is 16.5. The highest BCUT2D eigenvalue weighted by Gasteiger charge is 2.38. The summed E-state index contributed by atoms with van der Waals surface area (Å²) in [5.41, 5.74) is 32.7. The number of pyridine rings is 4. The molecule has 8 aliphatic rings. The van der Waals surface area contributed by atoms with E-state index in [0.29, 0.717) is 102 Å². The predicted octanol–water partition coefficient (Wildman–Crippen LogP) is 8.72. The number of methoxy groups -OCH3 is 1. The van der Waals surface area contributed by atoms with Crippen LogP contribution < -0.4 is 63.8 Å². The molecular weight excluding hydrogens is 1730 g/mol. The summed E-state index contributed by atoms with van der Waals surface area (Å²) in [7, 11) is 6.11. The third-order valence-corrected chi connectivity index (χ3v) is 26.4. The molecule has 20 heterocycles. The van der Waals surface area contributed by atoms with Crippen molar-refractivity contribution in [1.29, 1.82) is 0 Å². The number of carbonyl (C=O) groups excluding carboxylic acids is 4. The first-order chi connectivity index (χ1) is 62.6. The minimum Gasteiger partial charge on any atom is -0.381 e. The number of likely N-dealkylation sites (N-methyl/N-ethyl adjacent to an activating group) is 1. The Morgan fingerprint density at radius 3 is 0.953 bits per heavy atom. The standard InChI is InChI=1S/C23H30ClN9O.2C21H25ClN8O2.C21H25ClN8O/c1-30(2)17-6-10-32(14-17)16-4-8-31(9-5-16)19-3-7-26-12-18(19)28-23(34)20-21(25)29-33-13-15(24)11-27-22(20)33;1-32-15-11-29(12-15)14-3-6-28(7-4-14)17-2-5-24-9-16(17)26-21(31)18-19(23)27-30-10-13(22)8-25-20(18)30;22-14-11-25-20-18(19(23)27-30(20)13-14)21(31)26-16-12-24-4-1-17(16)29-5-2-15(3-6-29)28-7-9-32-10-8-28;22-14-11-25-20-18(19(23)27-30(20)13-14)21(31)26-16-12-24-6-3-17(16)29-9-4-15(5-10-29)28-7-1-2-8-28/h3,7,11-13,16-17H,4-6,8-10,14H2,1-2H3,(H2,25,29)(H,28,34);2,5,8-10,14-15H,3-4,6-7,11-12H2,1H3,(H2,23,27)(H,26,31);1,4,11-13,15H,2-3,5-10H2,(H2,23,27)(H,26,31);3,6,11-13,15H,1-2,4-5,7-10H2,(H2,23,27)(H,26,31). The molecule has 129 heavy (non-hydrogen) atoms. The number of nitrogens with one attached hydrogen (secondary N) is 4. The second kappa shape index (κ2) is 40.1. The number of ether oxygens (including phenoxy) is 2. The molecule has 8 aliphatic heterocycles. The van der Waals surface area contributed by atoms with Gasteiger partial charge in [0.05, 0.1) is 134 Å². The van der Waals surface area contributed by atoms with Gasteiger partial charge >= 0.3 is 0 Å². The maximum absolute atomic E-state index is 13.2. The number of nitrogens with two attached hydrogens (primary N) is 4. The van der Waals surface area contributed by atoms with E-state index >= 15 is 0 Å². The molecule has 0 saturated carbocycles. The number of piperidine rings is 4. The van der Waals surface area contributed by atoms with E-state index in [9.17, 15) is 19.2 Å². The summed E-state index contributed by atoms with van der Waals surface area (Å²) in [5.74, 6) is -1.14. The van der Waals surface area contributed by atoms with Crippen LogP contribution in [0.25, 0.3) is 22.6 Å². The zero-order valence-corrected chi connectivity index (χ0v) is 75.0. The third-order valence-electron chi connectivity index (χ3n) is 25.6. The highest BCUT2D eigenvalue weighted by Crippen LogP contribution is 2.38. The van der Waals surface area contributed by atoms with Gasteiger partial charge in [0.2, 0.25) is 0 Å². The average Bonchev–Trinajstić information content (AvgIpc) is 1.68. The monoisotopic (exact) mass is 1840 g/mol. The lowest BCUT2D eigenvalue weighted by molar-refractivity contribution is -0.0546. The number of fused-ring (bicyclic) bond motifs is 4. The fourth-order valence-corrected chi connectivity index (χ4v) is 19.3. The zero-order valence-electron chi connectivity index (χ0n) is 72.0. The lowest BCUT2D eigenvalue weighted by Crippen LogP contribution is -2.58. The highest BCUT2D eigenvalue weighted by molar-refractivity contribution is 6.31. The smallest absolute Gasteiger partial charge is 0.263 e. The molecule has 0 bridgehead atoms. The summed E-state index contributed by atoms with van der Waals surface area (Å²) in [6.07, 6.45) is 38.7. The van der Waals surface area contributed by atoms with Crippen molar-refractivity contribution in [3.8, 4) is 0 Å². The SMILES string of the molecule is CN(C)C1CCN(C2CCN(c3ccncc3NC(=O)c3c(N)nn4cc(Cl)cnc34)CC2)C1.COC1CN(C2CCN(c3ccncc3NC(=O)c3c(N)nn4cc(Cl)cnc34)CC2)C1.Nc1nn2cc(Cl)cnc2c1C(=O)Nc1cnccc1N1CCC(N2CCCC2)CC1.Nc1nn2cc(Cl)cnc2c1C(=O)Nc1cnccc1N1CCC(N2CCOCC2)CC1. The number of nitrogens with zero attached hydrogens (tertiary/aromatic N) is 25. The Kier molecular flexibility index (Phi) is 27.7. The van der Waals surface area contributed by atoms with Crippen molar-refractivity contribution in [3.63, 3.8) is 0 Å². The first-order valence-electron chi connectivity index (χ1n) is 43.6. The van der Waals surface area contributed by atoms with Crippen LogP contribution in [0.2, 0.25) is 20.1 Å². The van der Waals surface area contributed by atoms with Crippen molar-refractivity contribution >= 4 is 161 Å². The van der Waals surface area contributed by atoms with Gasteiger partial charge in [-0.2, -0.15) is 0 Å². The summed E-state index contributed by atoms with van der Waals surface area (Å²) in [5, 5.41) is 30.1. The Morgan fingerprint density at radius 1 is 0.380 bits per heavy atom. The van der Waals surface area contributed by atoms with Crippen LogP contribution in [0.4, 0.5) is 68.8 Å². The van der Waals surface area contributed by atoms with Gasteiger partial charge < -0.3 is 83.1 Å². The van der Waals surface area contributed by atoms with Crippen LogP contribution in [-0.2, 0) is 9.47 Å². The lowest BCUT2D eigenvalue weighted by Gasteiger charge is -2.47. The van der Waals surface area contributed by atoms with Crippen molar-refractivity contribution in [2.75, 3.05) is 203 Å². The van der Waals surface area contributed by atoms with Crippen molar-refractivity contribution < 1.29 is 28.7 Å².